The van der Waals surface area contributed by atoms with Crippen LogP contribution in [0.15, 0.2) is 36.4 Å². The number of pyridine rings is 1. The first kappa shape index (κ1) is 12.8. The van der Waals surface area contributed by atoms with Gasteiger partial charge in [-0.15, -0.1) is 0 Å². The lowest BCUT2D eigenvalue weighted by Gasteiger charge is -2.08. The van der Waals surface area contributed by atoms with Gasteiger partial charge < -0.3 is 10.1 Å². The van der Waals surface area contributed by atoms with Crippen LogP contribution in [0.25, 0.3) is 0 Å². The molecule has 4 nitrogen and oxygen atoms in total. The Kier molecular flexibility index (Phi) is 3.94. The van der Waals surface area contributed by atoms with Crippen molar-refractivity contribution in [2.45, 2.75) is 6.92 Å². The fraction of sp³-hybridized carbons (Fsp3) is 0.143. The van der Waals surface area contributed by atoms with Crippen molar-refractivity contribution in [2.24, 2.45) is 0 Å². The van der Waals surface area contributed by atoms with Crippen molar-refractivity contribution in [3.63, 3.8) is 0 Å². The van der Waals surface area contributed by atoms with Crippen molar-refractivity contribution in [2.75, 3.05) is 11.9 Å². The van der Waals surface area contributed by atoms with Crippen molar-refractivity contribution in [3.05, 3.63) is 47.9 Å². The van der Waals surface area contributed by atoms with E-state index in [1.807, 2.05) is 6.07 Å². The van der Waals surface area contributed by atoms with Crippen LogP contribution in [0.2, 0.25) is 0 Å². The highest BCUT2D eigenvalue weighted by molar-refractivity contribution is 5.57. The zero-order chi connectivity index (χ0) is 13.7. The summed E-state index contributed by atoms with van der Waals surface area (Å²) < 4.78 is 18.8. The summed E-state index contributed by atoms with van der Waals surface area (Å²) in [5.41, 5.74) is 0.847. The fourth-order valence-corrected chi connectivity index (χ4v) is 1.57. The number of benzene rings is 1. The molecule has 19 heavy (non-hydrogen) atoms. The van der Waals surface area contributed by atoms with Crippen LogP contribution in [-0.4, -0.2) is 11.6 Å². The maximum absolute atomic E-state index is 13.6. The first-order chi connectivity index (χ1) is 9.22. The Morgan fingerprint density at radius 2 is 2.21 bits per heavy atom. The van der Waals surface area contributed by atoms with Gasteiger partial charge in [-0.2, -0.15) is 5.26 Å². The van der Waals surface area contributed by atoms with Gasteiger partial charge in [-0.05, 0) is 31.2 Å². The molecule has 1 aromatic heterocycles. The average molecular weight is 257 g/mol. The molecular formula is C14H12FN3O. The molecule has 0 atom stereocenters. The molecule has 0 radical (unpaired) electrons. The van der Waals surface area contributed by atoms with Crippen molar-refractivity contribution < 1.29 is 9.13 Å². The van der Waals surface area contributed by atoms with E-state index in [1.54, 1.807) is 37.3 Å². The van der Waals surface area contributed by atoms with Crippen LogP contribution in [0.3, 0.4) is 0 Å². The van der Waals surface area contributed by atoms with Gasteiger partial charge in [-0.1, -0.05) is 6.07 Å². The number of nitriles is 1. The molecule has 0 aliphatic rings. The van der Waals surface area contributed by atoms with Crippen LogP contribution in [0.1, 0.15) is 12.6 Å². The Morgan fingerprint density at radius 3 is 2.89 bits per heavy atom. The summed E-state index contributed by atoms with van der Waals surface area (Å²) in [7, 11) is 0. The van der Waals surface area contributed by atoms with Gasteiger partial charge in [0.05, 0.1) is 6.61 Å². The van der Waals surface area contributed by atoms with Crippen LogP contribution in [0.4, 0.5) is 15.9 Å². The average Bonchev–Trinajstić information content (AvgIpc) is 2.42. The Hall–Kier alpha value is -2.61. The number of hydrogen-bond donors (Lipinski definition) is 1. The SMILES string of the molecule is CCOc1ccc(Nc2cccc(C#N)n2)cc1F. The highest BCUT2D eigenvalue weighted by atomic mass is 19.1. The second-order valence-corrected chi connectivity index (χ2v) is 3.72. The van der Waals surface area contributed by atoms with Gasteiger partial charge in [-0.3, -0.25) is 0 Å². The molecule has 1 heterocycles. The first-order valence-electron chi connectivity index (χ1n) is 5.79. The van der Waals surface area contributed by atoms with Gasteiger partial charge in [0.1, 0.15) is 17.6 Å². The molecule has 0 fully saturated rings. The molecule has 2 rings (SSSR count). The normalized spacial score (nSPS) is 9.74. The molecule has 0 saturated carbocycles. The number of ether oxygens (including phenoxy) is 1. The molecule has 96 valence electrons. The Morgan fingerprint density at radius 1 is 1.37 bits per heavy atom. The molecule has 5 heteroatoms. The van der Waals surface area contributed by atoms with Gasteiger partial charge in [0.25, 0.3) is 0 Å². The number of rotatable bonds is 4. The van der Waals surface area contributed by atoms with Gasteiger partial charge >= 0.3 is 0 Å². The Balaban J connectivity index is 2.19. The second kappa shape index (κ2) is 5.83. The van der Waals surface area contributed by atoms with E-state index in [0.29, 0.717) is 23.8 Å². The van der Waals surface area contributed by atoms with E-state index in [0.717, 1.165) is 0 Å². The van der Waals surface area contributed by atoms with Crippen LogP contribution >= 0.6 is 0 Å². The summed E-state index contributed by atoms with van der Waals surface area (Å²) in [6.07, 6.45) is 0. The molecule has 0 amide bonds. The highest BCUT2D eigenvalue weighted by Crippen LogP contribution is 2.23. The van der Waals surface area contributed by atoms with Crippen molar-refractivity contribution >= 4 is 11.5 Å². The molecule has 0 spiro atoms. The lowest BCUT2D eigenvalue weighted by Crippen LogP contribution is -1.98. The first-order valence-corrected chi connectivity index (χ1v) is 5.79. The third-order valence-corrected chi connectivity index (χ3v) is 2.37. The number of anilines is 2. The molecule has 0 saturated heterocycles. The quantitative estimate of drug-likeness (QED) is 0.913. The monoisotopic (exact) mass is 257 g/mol. The van der Waals surface area contributed by atoms with Gasteiger partial charge in [-0.25, -0.2) is 9.37 Å². The number of nitrogens with zero attached hydrogens (tertiary/aromatic N) is 2. The van der Waals surface area contributed by atoms with Crippen molar-refractivity contribution in [3.8, 4) is 11.8 Å². The molecule has 1 aromatic carbocycles. The smallest absolute Gasteiger partial charge is 0.167 e. The minimum atomic E-state index is -0.441. The number of hydrogen-bond acceptors (Lipinski definition) is 4. The predicted molar refractivity (Wildman–Crippen MR) is 69.8 cm³/mol. The fourth-order valence-electron chi connectivity index (χ4n) is 1.57. The summed E-state index contributed by atoms with van der Waals surface area (Å²) in [6.45, 7) is 2.21. The maximum Gasteiger partial charge on any atom is 0.167 e. The maximum atomic E-state index is 13.6. The summed E-state index contributed by atoms with van der Waals surface area (Å²) in [6, 6.07) is 11.5. The molecular weight excluding hydrogens is 245 g/mol. The van der Waals surface area contributed by atoms with Gasteiger partial charge in [0.2, 0.25) is 0 Å². The summed E-state index contributed by atoms with van der Waals surface area (Å²) in [5, 5.41) is 11.7. The van der Waals surface area contributed by atoms with Crippen LogP contribution in [0, 0.1) is 17.1 Å². The topological polar surface area (TPSA) is 57.9 Å². The van der Waals surface area contributed by atoms with Crippen LogP contribution < -0.4 is 10.1 Å². The van der Waals surface area contributed by atoms with Crippen LogP contribution in [-0.2, 0) is 0 Å². The van der Waals surface area contributed by atoms with Gasteiger partial charge in [0.15, 0.2) is 11.6 Å². The number of aromatic nitrogens is 1. The van der Waals surface area contributed by atoms with E-state index < -0.39 is 5.82 Å². The van der Waals surface area contributed by atoms with E-state index >= 15 is 0 Å². The van der Waals surface area contributed by atoms with E-state index in [2.05, 4.69) is 10.3 Å². The van der Waals surface area contributed by atoms with Gasteiger partial charge in [0, 0.05) is 11.8 Å². The third-order valence-electron chi connectivity index (χ3n) is 2.37. The predicted octanol–water partition coefficient (Wildman–Crippen LogP) is 3.23. The zero-order valence-corrected chi connectivity index (χ0v) is 10.4. The van der Waals surface area contributed by atoms with Crippen molar-refractivity contribution in [1.82, 2.24) is 4.98 Å². The molecule has 0 aliphatic carbocycles. The molecule has 0 aliphatic heterocycles. The lowest BCUT2D eigenvalue weighted by molar-refractivity contribution is 0.321. The van der Waals surface area contributed by atoms with E-state index in [9.17, 15) is 4.39 Å². The largest absolute Gasteiger partial charge is 0.491 e. The Labute approximate surface area is 110 Å². The zero-order valence-electron chi connectivity index (χ0n) is 10.4. The van der Waals surface area contributed by atoms with E-state index in [4.69, 9.17) is 10.00 Å². The molecule has 1 N–H and O–H groups in total. The molecule has 2 aromatic rings. The highest BCUT2D eigenvalue weighted by Gasteiger charge is 2.05. The molecule has 0 bridgehead atoms. The summed E-state index contributed by atoms with van der Waals surface area (Å²) >= 11 is 0. The number of nitrogens with one attached hydrogen (secondary N) is 1. The Bertz CT molecular complexity index is 622. The minimum Gasteiger partial charge on any atom is -0.491 e. The van der Waals surface area contributed by atoms with Crippen LogP contribution in [0.5, 0.6) is 5.75 Å². The standard InChI is InChI=1S/C14H12FN3O/c1-2-19-13-7-6-10(8-12(13)15)17-14-5-3-4-11(9-16)18-14/h3-8H,2H2,1H3,(H,17,18). The van der Waals surface area contributed by atoms with Crippen molar-refractivity contribution in [1.29, 1.82) is 5.26 Å². The number of halogens is 1. The second-order valence-electron chi connectivity index (χ2n) is 3.72. The van der Waals surface area contributed by atoms with E-state index in [1.165, 1.54) is 6.07 Å². The lowest BCUT2D eigenvalue weighted by atomic mass is 10.3. The minimum absolute atomic E-state index is 0.215. The summed E-state index contributed by atoms with van der Waals surface area (Å²) in [5.74, 6) is 0.262. The summed E-state index contributed by atoms with van der Waals surface area (Å²) in [4.78, 5) is 4.05. The molecule has 0 unspecified atom stereocenters. The third kappa shape index (κ3) is 3.19. The van der Waals surface area contributed by atoms with E-state index in [-0.39, 0.29) is 5.75 Å².